The Kier molecular flexibility index (Phi) is 3.03. The molecule has 21 heavy (non-hydrogen) atoms. The Bertz CT molecular complexity index is 558. The summed E-state index contributed by atoms with van der Waals surface area (Å²) in [5.41, 5.74) is 1.01. The van der Waals surface area contributed by atoms with Gasteiger partial charge in [0.1, 0.15) is 5.82 Å². The van der Waals surface area contributed by atoms with Crippen molar-refractivity contribution in [3.05, 3.63) is 35.6 Å². The van der Waals surface area contributed by atoms with Crippen LogP contribution in [0, 0.1) is 35.4 Å². The zero-order valence-electron chi connectivity index (χ0n) is 11.8. The van der Waals surface area contributed by atoms with Crippen LogP contribution in [0.3, 0.4) is 0 Å². The molecule has 4 heteroatoms. The Labute approximate surface area is 123 Å². The van der Waals surface area contributed by atoms with Crippen LogP contribution >= 0.6 is 0 Å². The topological polar surface area (TPSA) is 49.3 Å². The van der Waals surface area contributed by atoms with Crippen LogP contribution < -0.4 is 5.32 Å². The highest BCUT2D eigenvalue weighted by Crippen LogP contribution is 2.64. The van der Waals surface area contributed by atoms with E-state index in [0.29, 0.717) is 24.3 Å². The number of halogens is 1. The highest BCUT2D eigenvalue weighted by Gasteiger charge is 2.62. The number of benzene rings is 1. The lowest BCUT2D eigenvalue weighted by Crippen LogP contribution is -2.55. The molecule has 1 aromatic rings. The molecule has 0 amide bonds. The molecular formula is C17H20FNO2. The van der Waals surface area contributed by atoms with Crippen LogP contribution in [0.1, 0.15) is 24.8 Å². The Hall–Kier alpha value is -1.42. The van der Waals surface area contributed by atoms with E-state index in [2.05, 4.69) is 5.32 Å². The second kappa shape index (κ2) is 4.80. The standard InChI is InChI=1S/C17H20FNO2/c18-10-3-1-9(2-4-10)8-19-16-12-6-5-11(13-7-14(12)13)15(16)17(20)21/h1-4,11-16,19H,5-8H2,(H,20,21)/t11-,12+,13+,14-,15+,16-/m0/s1. The minimum atomic E-state index is -0.647. The summed E-state index contributed by atoms with van der Waals surface area (Å²) < 4.78 is 12.9. The van der Waals surface area contributed by atoms with Gasteiger partial charge in [0, 0.05) is 12.6 Å². The zero-order chi connectivity index (χ0) is 14.6. The van der Waals surface area contributed by atoms with Gasteiger partial charge in [-0.05, 0) is 60.6 Å². The number of carboxylic acids is 1. The number of carbonyl (C=O) groups is 1. The Morgan fingerprint density at radius 3 is 2.52 bits per heavy atom. The molecule has 0 radical (unpaired) electrons. The van der Waals surface area contributed by atoms with Crippen LogP contribution in [0.15, 0.2) is 24.3 Å². The fourth-order valence-electron chi connectivity index (χ4n) is 4.91. The second-order valence-corrected chi connectivity index (χ2v) is 6.87. The highest BCUT2D eigenvalue weighted by molar-refractivity contribution is 5.72. The first-order valence-corrected chi connectivity index (χ1v) is 7.86. The highest BCUT2D eigenvalue weighted by atomic mass is 19.1. The lowest BCUT2D eigenvalue weighted by Gasteiger charge is -2.46. The van der Waals surface area contributed by atoms with Gasteiger partial charge in [-0.3, -0.25) is 4.79 Å². The summed E-state index contributed by atoms with van der Waals surface area (Å²) in [6.45, 7) is 0.620. The molecule has 0 heterocycles. The van der Waals surface area contributed by atoms with Crippen molar-refractivity contribution in [1.29, 1.82) is 0 Å². The Morgan fingerprint density at radius 2 is 1.81 bits per heavy atom. The molecule has 5 rings (SSSR count). The second-order valence-electron chi connectivity index (χ2n) is 6.87. The largest absolute Gasteiger partial charge is 0.481 e. The molecule has 3 nitrogen and oxygen atoms in total. The molecule has 4 fully saturated rings. The fraction of sp³-hybridized carbons (Fsp3) is 0.588. The molecule has 4 aliphatic rings. The molecule has 0 aromatic heterocycles. The van der Waals surface area contributed by atoms with Gasteiger partial charge in [-0.25, -0.2) is 4.39 Å². The average molecular weight is 289 g/mol. The summed E-state index contributed by atoms with van der Waals surface area (Å²) >= 11 is 0. The quantitative estimate of drug-likeness (QED) is 0.896. The lowest BCUT2D eigenvalue weighted by atomic mass is 9.61. The van der Waals surface area contributed by atoms with Gasteiger partial charge in [0.05, 0.1) is 5.92 Å². The van der Waals surface area contributed by atoms with E-state index in [0.717, 1.165) is 24.3 Å². The molecule has 2 bridgehead atoms. The number of aliphatic carboxylic acids is 1. The maximum absolute atomic E-state index is 12.9. The van der Waals surface area contributed by atoms with Crippen molar-refractivity contribution in [2.45, 2.75) is 31.8 Å². The monoisotopic (exact) mass is 289 g/mol. The first-order valence-electron chi connectivity index (χ1n) is 7.86. The molecule has 0 saturated heterocycles. The molecule has 0 spiro atoms. The number of nitrogens with one attached hydrogen (secondary N) is 1. The molecule has 4 aliphatic carbocycles. The van der Waals surface area contributed by atoms with Crippen molar-refractivity contribution in [3.63, 3.8) is 0 Å². The van der Waals surface area contributed by atoms with E-state index in [1.165, 1.54) is 18.6 Å². The summed E-state index contributed by atoms with van der Waals surface area (Å²) in [5, 5.41) is 13.1. The summed E-state index contributed by atoms with van der Waals surface area (Å²) in [6, 6.07) is 6.51. The van der Waals surface area contributed by atoms with Crippen molar-refractivity contribution >= 4 is 5.97 Å². The van der Waals surface area contributed by atoms with Gasteiger partial charge >= 0.3 is 5.97 Å². The third kappa shape index (κ3) is 2.16. The van der Waals surface area contributed by atoms with Crippen molar-refractivity contribution in [3.8, 4) is 0 Å². The smallest absolute Gasteiger partial charge is 0.308 e. The number of rotatable bonds is 4. The zero-order valence-corrected chi connectivity index (χ0v) is 11.8. The van der Waals surface area contributed by atoms with Gasteiger partial charge < -0.3 is 10.4 Å². The maximum Gasteiger partial charge on any atom is 0.308 e. The van der Waals surface area contributed by atoms with Crippen LogP contribution in [-0.2, 0) is 11.3 Å². The van der Waals surface area contributed by atoms with E-state index in [9.17, 15) is 14.3 Å². The number of fused-ring (bicyclic) bond motifs is 2. The molecule has 1 aromatic carbocycles. The van der Waals surface area contributed by atoms with Crippen LogP contribution in [0.4, 0.5) is 4.39 Å². The summed E-state index contributed by atoms with van der Waals surface area (Å²) in [4.78, 5) is 11.7. The fourth-order valence-corrected chi connectivity index (χ4v) is 4.91. The van der Waals surface area contributed by atoms with Crippen molar-refractivity contribution < 1.29 is 14.3 Å². The Balaban J connectivity index is 1.50. The van der Waals surface area contributed by atoms with Gasteiger partial charge in [-0.15, -0.1) is 0 Å². The summed E-state index contributed by atoms with van der Waals surface area (Å²) in [5.74, 6) is 1.18. The number of hydrogen-bond donors (Lipinski definition) is 2. The number of carboxylic acid groups (broad SMARTS) is 1. The van der Waals surface area contributed by atoms with Gasteiger partial charge in [-0.2, -0.15) is 0 Å². The van der Waals surface area contributed by atoms with Gasteiger partial charge in [0.25, 0.3) is 0 Å². The third-order valence-electron chi connectivity index (χ3n) is 5.87. The van der Waals surface area contributed by atoms with Gasteiger partial charge in [0.2, 0.25) is 0 Å². The normalized spacial score (nSPS) is 39.9. The Morgan fingerprint density at radius 1 is 1.14 bits per heavy atom. The van der Waals surface area contributed by atoms with Crippen molar-refractivity contribution in [2.24, 2.45) is 29.6 Å². The van der Waals surface area contributed by atoms with Gasteiger partial charge in [0.15, 0.2) is 0 Å². The predicted molar refractivity (Wildman–Crippen MR) is 76.0 cm³/mol. The van der Waals surface area contributed by atoms with E-state index in [1.54, 1.807) is 12.1 Å². The van der Waals surface area contributed by atoms with Crippen LogP contribution in [0.25, 0.3) is 0 Å². The maximum atomic E-state index is 12.9. The molecule has 0 unspecified atom stereocenters. The molecule has 4 saturated carbocycles. The number of hydrogen-bond acceptors (Lipinski definition) is 2. The first-order chi connectivity index (χ1) is 10.1. The molecule has 2 N–H and O–H groups in total. The van der Waals surface area contributed by atoms with E-state index in [1.807, 2.05) is 0 Å². The predicted octanol–water partition coefficient (Wildman–Crippen LogP) is 2.66. The van der Waals surface area contributed by atoms with Crippen LogP contribution in [-0.4, -0.2) is 17.1 Å². The van der Waals surface area contributed by atoms with Crippen molar-refractivity contribution in [1.82, 2.24) is 5.32 Å². The SMILES string of the molecule is O=C(O)[C@@H]1[C@H]2CC[C@H]([C@@H]3C[C@@H]32)[C@@H]1NCc1ccc(F)cc1. The van der Waals surface area contributed by atoms with E-state index in [4.69, 9.17) is 0 Å². The third-order valence-corrected chi connectivity index (χ3v) is 5.87. The minimum Gasteiger partial charge on any atom is -0.481 e. The van der Waals surface area contributed by atoms with Gasteiger partial charge in [-0.1, -0.05) is 12.1 Å². The molecule has 6 atom stereocenters. The lowest BCUT2D eigenvalue weighted by molar-refractivity contribution is -0.150. The molecule has 0 aliphatic heterocycles. The van der Waals surface area contributed by atoms with E-state index in [-0.39, 0.29) is 17.8 Å². The first kappa shape index (κ1) is 13.3. The minimum absolute atomic E-state index is 0.0788. The average Bonchev–Trinajstić information content (AvgIpc) is 3.28. The van der Waals surface area contributed by atoms with E-state index < -0.39 is 5.97 Å². The molecule has 112 valence electrons. The summed E-state index contributed by atoms with van der Waals surface area (Å²) in [7, 11) is 0. The van der Waals surface area contributed by atoms with Crippen LogP contribution in [0.2, 0.25) is 0 Å². The molecular weight excluding hydrogens is 269 g/mol. The summed E-state index contributed by atoms with van der Waals surface area (Å²) in [6.07, 6.45) is 3.47. The van der Waals surface area contributed by atoms with Crippen molar-refractivity contribution in [2.75, 3.05) is 0 Å². The van der Waals surface area contributed by atoms with Crippen LogP contribution in [0.5, 0.6) is 0 Å². The van der Waals surface area contributed by atoms with E-state index >= 15 is 0 Å².